The molecule has 3 rings (SSSR count). The van der Waals surface area contributed by atoms with Crippen LogP contribution in [0.2, 0.25) is 0 Å². The van der Waals surface area contributed by atoms with Crippen LogP contribution in [-0.4, -0.2) is 44.7 Å². The summed E-state index contributed by atoms with van der Waals surface area (Å²) in [6.07, 6.45) is -5.18. The van der Waals surface area contributed by atoms with Crippen molar-refractivity contribution in [1.82, 2.24) is 4.31 Å². The van der Waals surface area contributed by atoms with Crippen molar-refractivity contribution in [2.24, 2.45) is 5.16 Å². The molecule has 0 bridgehead atoms. The summed E-state index contributed by atoms with van der Waals surface area (Å²) < 4.78 is 78.2. The number of carbonyl (C=O) groups is 1. The summed E-state index contributed by atoms with van der Waals surface area (Å²) in [6.45, 7) is -0.0501. The number of anilines is 1. The molecule has 0 spiro atoms. The third kappa shape index (κ3) is 5.43. The van der Waals surface area contributed by atoms with Gasteiger partial charge in [0.2, 0.25) is 10.0 Å². The molecule has 7 nitrogen and oxygen atoms in total. The third-order valence-electron chi connectivity index (χ3n) is 4.84. The summed E-state index contributed by atoms with van der Waals surface area (Å²) in [5.74, 6) is -0.456. The molecule has 0 saturated carbocycles. The number of hydrogen-bond donors (Lipinski definition) is 0. The summed E-state index contributed by atoms with van der Waals surface area (Å²) in [4.78, 5) is 17.6. The van der Waals surface area contributed by atoms with E-state index in [2.05, 4.69) is 5.16 Å². The number of alkyl halides is 3. The van der Waals surface area contributed by atoms with Crippen LogP contribution in [0.1, 0.15) is 18.4 Å². The van der Waals surface area contributed by atoms with Crippen molar-refractivity contribution in [3.63, 3.8) is 0 Å². The Balaban J connectivity index is 1.61. The van der Waals surface area contributed by atoms with Crippen molar-refractivity contribution in [3.05, 3.63) is 59.9 Å². The number of rotatable bonds is 4. The Morgan fingerprint density at radius 2 is 1.72 bits per heavy atom. The molecule has 172 valence electrons. The maximum absolute atomic E-state index is 13.0. The summed E-state index contributed by atoms with van der Waals surface area (Å²) >= 11 is 0. The normalized spacial score (nSPS) is 15.3. The van der Waals surface area contributed by atoms with E-state index in [-0.39, 0.29) is 25.9 Å². The first-order chi connectivity index (χ1) is 15.0. The minimum Gasteiger partial charge on any atom is -0.298 e. The molecule has 2 aromatic rings. The fourth-order valence-electron chi connectivity index (χ4n) is 2.99. The maximum atomic E-state index is 13.0. The van der Waals surface area contributed by atoms with Crippen molar-refractivity contribution < 1.29 is 35.6 Å². The Hall–Kier alpha value is -2.99. The fraction of sp³-hybridized carbons (Fsp3) is 0.300. The molecule has 0 radical (unpaired) electrons. The second kappa shape index (κ2) is 9.25. The average Bonchev–Trinajstić information content (AvgIpc) is 2.77. The minimum atomic E-state index is -4.65. The summed E-state index contributed by atoms with van der Waals surface area (Å²) in [6, 6.07) is 8.72. The molecule has 1 fully saturated rings. The quantitative estimate of drug-likeness (QED) is 0.378. The number of amides is 1. The van der Waals surface area contributed by atoms with Gasteiger partial charge in [0.25, 0.3) is 0 Å². The van der Waals surface area contributed by atoms with Crippen molar-refractivity contribution in [2.75, 3.05) is 25.0 Å². The van der Waals surface area contributed by atoms with Crippen LogP contribution in [0.25, 0.3) is 0 Å². The zero-order valence-corrected chi connectivity index (χ0v) is 17.7. The van der Waals surface area contributed by atoms with Crippen molar-refractivity contribution in [1.29, 1.82) is 0 Å². The number of benzene rings is 2. The number of sulfonamides is 1. The van der Waals surface area contributed by atoms with Crippen LogP contribution < -0.4 is 4.90 Å². The summed E-state index contributed by atoms with van der Waals surface area (Å²) in [7, 11) is -2.70. The maximum Gasteiger partial charge on any atom is 0.440 e. The molecule has 0 N–H and O–H groups in total. The number of piperidine rings is 1. The Kier molecular flexibility index (Phi) is 6.84. The fourth-order valence-corrected chi connectivity index (χ4v) is 4.48. The highest BCUT2D eigenvalue weighted by molar-refractivity contribution is 7.89. The molecular formula is C20H19F4N3O4S. The molecule has 1 aliphatic heterocycles. The molecule has 0 atom stereocenters. The van der Waals surface area contributed by atoms with Crippen molar-refractivity contribution in [2.45, 2.75) is 23.9 Å². The van der Waals surface area contributed by atoms with Gasteiger partial charge in [-0.15, -0.1) is 0 Å². The standard InChI is InChI=1S/C20H19F4N3O4S/c1-26(17-7-5-15(21)6-8-17)19(28)31-25-16-9-11-27(12-10-16)32(29,30)18-4-2-3-14(13-18)20(22,23)24/h2-8,13H,9-12H2,1H3. The largest absolute Gasteiger partial charge is 0.440 e. The van der Waals surface area contributed by atoms with E-state index in [1.165, 1.54) is 31.3 Å². The van der Waals surface area contributed by atoms with E-state index in [9.17, 15) is 30.8 Å². The van der Waals surface area contributed by atoms with Gasteiger partial charge >= 0.3 is 12.3 Å². The number of carbonyl (C=O) groups excluding carboxylic acids is 1. The minimum absolute atomic E-state index is 0.0250. The highest BCUT2D eigenvalue weighted by Crippen LogP contribution is 2.31. The molecule has 2 aromatic carbocycles. The van der Waals surface area contributed by atoms with Crippen LogP contribution in [0.3, 0.4) is 0 Å². The zero-order valence-electron chi connectivity index (χ0n) is 16.8. The van der Waals surface area contributed by atoms with Gasteiger partial charge in [-0.25, -0.2) is 17.6 Å². The van der Waals surface area contributed by atoms with Gasteiger partial charge in [0.05, 0.1) is 16.2 Å². The molecule has 1 aliphatic rings. The molecular weight excluding hydrogens is 454 g/mol. The molecule has 0 aliphatic carbocycles. The Bertz CT molecular complexity index is 1110. The highest BCUT2D eigenvalue weighted by Gasteiger charge is 2.34. The lowest BCUT2D eigenvalue weighted by Gasteiger charge is -2.27. The van der Waals surface area contributed by atoms with Gasteiger partial charge in [0, 0.05) is 38.7 Å². The molecule has 1 amide bonds. The van der Waals surface area contributed by atoms with Crippen LogP contribution in [0.4, 0.5) is 28.0 Å². The number of hydrogen-bond acceptors (Lipinski definition) is 5. The Morgan fingerprint density at radius 3 is 2.31 bits per heavy atom. The highest BCUT2D eigenvalue weighted by atomic mass is 32.2. The smallest absolute Gasteiger partial charge is 0.298 e. The zero-order chi connectivity index (χ0) is 23.5. The molecule has 32 heavy (non-hydrogen) atoms. The van der Waals surface area contributed by atoms with Crippen LogP contribution in [0.5, 0.6) is 0 Å². The first-order valence-corrected chi connectivity index (χ1v) is 10.9. The molecule has 0 unspecified atom stereocenters. The summed E-state index contributed by atoms with van der Waals surface area (Å²) in [5.41, 5.74) is -0.227. The van der Waals surface area contributed by atoms with E-state index in [0.29, 0.717) is 17.5 Å². The third-order valence-corrected chi connectivity index (χ3v) is 6.73. The number of nitrogens with zero attached hydrogens (tertiary/aromatic N) is 3. The SMILES string of the molecule is CN(C(=O)ON=C1CCN(S(=O)(=O)c2cccc(C(F)(F)F)c2)CC1)c1ccc(F)cc1. The predicted octanol–water partition coefficient (Wildman–Crippen LogP) is 4.26. The molecule has 12 heteroatoms. The van der Waals surface area contributed by atoms with Gasteiger partial charge in [0.15, 0.2) is 0 Å². The lowest BCUT2D eigenvalue weighted by Crippen LogP contribution is -2.39. The van der Waals surface area contributed by atoms with E-state index in [1.807, 2.05) is 0 Å². The number of halogens is 4. The van der Waals surface area contributed by atoms with Gasteiger partial charge in [-0.05, 0) is 42.5 Å². The van der Waals surface area contributed by atoms with Gasteiger partial charge in [-0.3, -0.25) is 9.74 Å². The van der Waals surface area contributed by atoms with Gasteiger partial charge in [0.1, 0.15) is 5.82 Å². The van der Waals surface area contributed by atoms with Crippen molar-refractivity contribution >= 4 is 27.5 Å². The Labute approximate surface area is 181 Å². The molecule has 0 aromatic heterocycles. The average molecular weight is 473 g/mol. The second-order valence-corrected chi connectivity index (χ2v) is 8.92. The topological polar surface area (TPSA) is 79.3 Å². The molecule has 1 heterocycles. The second-order valence-electron chi connectivity index (χ2n) is 6.98. The monoisotopic (exact) mass is 473 g/mol. The van der Waals surface area contributed by atoms with E-state index >= 15 is 0 Å². The van der Waals surface area contributed by atoms with Gasteiger partial charge < -0.3 is 0 Å². The lowest BCUT2D eigenvalue weighted by atomic mass is 10.1. The van der Waals surface area contributed by atoms with E-state index < -0.39 is 38.6 Å². The van der Waals surface area contributed by atoms with Crippen LogP contribution >= 0.6 is 0 Å². The van der Waals surface area contributed by atoms with E-state index in [0.717, 1.165) is 27.4 Å². The lowest BCUT2D eigenvalue weighted by molar-refractivity contribution is -0.137. The van der Waals surface area contributed by atoms with Crippen LogP contribution in [0, 0.1) is 5.82 Å². The van der Waals surface area contributed by atoms with Gasteiger partial charge in [-0.2, -0.15) is 17.5 Å². The van der Waals surface area contributed by atoms with Crippen LogP contribution in [0.15, 0.2) is 58.6 Å². The van der Waals surface area contributed by atoms with E-state index in [1.54, 1.807) is 0 Å². The first-order valence-electron chi connectivity index (χ1n) is 9.42. The number of oxime groups is 1. The summed E-state index contributed by atoms with van der Waals surface area (Å²) in [5, 5.41) is 3.76. The van der Waals surface area contributed by atoms with Crippen LogP contribution in [-0.2, 0) is 21.0 Å². The molecule has 1 saturated heterocycles. The first kappa shape index (κ1) is 23.7. The van der Waals surface area contributed by atoms with E-state index in [4.69, 9.17) is 4.84 Å². The van der Waals surface area contributed by atoms with Crippen molar-refractivity contribution in [3.8, 4) is 0 Å². The predicted molar refractivity (Wildman–Crippen MR) is 108 cm³/mol. The Morgan fingerprint density at radius 1 is 1.09 bits per heavy atom. The van der Waals surface area contributed by atoms with Gasteiger partial charge in [-0.1, -0.05) is 11.2 Å².